The van der Waals surface area contributed by atoms with E-state index in [1.54, 1.807) is 0 Å². The fourth-order valence-electron chi connectivity index (χ4n) is 0.983. The number of nitrogens with one attached hydrogen (secondary N) is 1. The summed E-state index contributed by atoms with van der Waals surface area (Å²) < 4.78 is 38.4. The van der Waals surface area contributed by atoms with E-state index in [2.05, 4.69) is 5.32 Å². The minimum absolute atomic E-state index is 0.169. The van der Waals surface area contributed by atoms with Crippen molar-refractivity contribution in [3.63, 3.8) is 0 Å². The number of halogens is 3. The normalized spacial score (nSPS) is 12.2. The van der Waals surface area contributed by atoms with Crippen LogP contribution in [-0.4, -0.2) is 18.5 Å². The summed E-state index contributed by atoms with van der Waals surface area (Å²) in [4.78, 5) is 10.6. The van der Waals surface area contributed by atoms with Gasteiger partial charge in [-0.05, 0) is 12.1 Å². The standard InChI is InChI=1S/C9H10F3N3O/c10-4-1-2-6(8(12)7(4)11)15-3-5(13)9(14)16/h1-2,5,15H,3,13H2,(H2,14,16). The lowest BCUT2D eigenvalue weighted by Gasteiger charge is -2.11. The first-order chi connectivity index (χ1) is 7.43. The molecule has 0 heterocycles. The van der Waals surface area contributed by atoms with Crippen LogP contribution in [0.25, 0.3) is 0 Å². The van der Waals surface area contributed by atoms with E-state index in [9.17, 15) is 18.0 Å². The van der Waals surface area contributed by atoms with Crippen molar-refractivity contribution in [2.45, 2.75) is 6.04 Å². The molecule has 0 radical (unpaired) electrons. The van der Waals surface area contributed by atoms with Gasteiger partial charge in [0.15, 0.2) is 17.5 Å². The largest absolute Gasteiger partial charge is 0.380 e. The maximum absolute atomic E-state index is 13.1. The summed E-state index contributed by atoms with van der Waals surface area (Å²) in [6.07, 6.45) is 0. The molecule has 1 aromatic rings. The van der Waals surface area contributed by atoms with E-state index >= 15 is 0 Å². The van der Waals surface area contributed by atoms with Gasteiger partial charge in [0.25, 0.3) is 0 Å². The number of nitrogens with two attached hydrogens (primary N) is 2. The van der Waals surface area contributed by atoms with E-state index in [1.165, 1.54) is 0 Å². The molecule has 88 valence electrons. The highest BCUT2D eigenvalue weighted by Crippen LogP contribution is 2.19. The molecule has 7 heteroatoms. The van der Waals surface area contributed by atoms with Crippen LogP contribution >= 0.6 is 0 Å². The van der Waals surface area contributed by atoms with Gasteiger partial charge >= 0.3 is 0 Å². The first-order valence-corrected chi connectivity index (χ1v) is 4.35. The van der Waals surface area contributed by atoms with Crippen molar-refractivity contribution >= 4 is 11.6 Å². The number of carbonyl (C=O) groups excluding carboxylic acids is 1. The predicted molar refractivity (Wildman–Crippen MR) is 52.0 cm³/mol. The molecule has 1 aromatic carbocycles. The number of primary amides is 1. The van der Waals surface area contributed by atoms with Crippen LogP contribution in [0.5, 0.6) is 0 Å². The zero-order chi connectivity index (χ0) is 12.3. The van der Waals surface area contributed by atoms with Gasteiger partial charge in [-0.15, -0.1) is 0 Å². The minimum atomic E-state index is -1.59. The molecule has 1 rings (SSSR count). The van der Waals surface area contributed by atoms with E-state index in [4.69, 9.17) is 11.5 Å². The Bertz CT molecular complexity index is 411. The molecule has 1 unspecified atom stereocenters. The fourth-order valence-corrected chi connectivity index (χ4v) is 0.983. The van der Waals surface area contributed by atoms with Crippen LogP contribution < -0.4 is 16.8 Å². The highest BCUT2D eigenvalue weighted by Gasteiger charge is 2.15. The average Bonchev–Trinajstić information content (AvgIpc) is 2.24. The third-order valence-corrected chi connectivity index (χ3v) is 1.91. The first kappa shape index (κ1) is 12.3. The Morgan fingerprint density at radius 3 is 2.50 bits per heavy atom. The number of carbonyl (C=O) groups is 1. The molecule has 0 aliphatic rings. The summed E-state index contributed by atoms with van der Waals surface area (Å²) in [6.45, 7) is -0.169. The summed E-state index contributed by atoms with van der Waals surface area (Å²) in [5, 5.41) is 2.35. The monoisotopic (exact) mass is 233 g/mol. The Morgan fingerprint density at radius 1 is 1.31 bits per heavy atom. The molecule has 1 amide bonds. The summed E-state index contributed by atoms with van der Waals surface area (Å²) in [7, 11) is 0. The number of hydrogen-bond donors (Lipinski definition) is 3. The molecule has 0 fully saturated rings. The van der Waals surface area contributed by atoms with Gasteiger partial charge in [-0.25, -0.2) is 13.2 Å². The van der Waals surface area contributed by atoms with Crippen molar-refractivity contribution < 1.29 is 18.0 Å². The van der Waals surface area contributed by atoms with Gasteiger partial charge in [-0.2, -0.15) is 0 Å². The molecular weight excluding hydrogens is 223 g/mol. The van der Waals surface area contributed by atoms with Crippen LogP contribution in [0.1, 0.15) is 0 Å². The quantitative estimate of drug-likeness (QED) is 0.655. The smallest absolute Gasteiger partial charge is 0.236 e. The van der Waals surface area contributed by atoms with Gasteiger partial charge in [0.05, 0.1) is 5.69 Å². The Balaban J connectivity index is 2.75. The van der Waals surface area contributed by atoms with Crippen molar-refractivity contribution in [3.05, 3.63) is 29.6 Å². The second-order valence-electron chi connectivity index (χ2n) is 3.11. The highest BCUT2D eigenvalue weighted by molar-refractivity contribution is 5.80. The Hall–Kier alpha value is -1.76. The molecule has 4 nitrogen and oxygen atoms in total. The summed E-state index contributed by atoms with van der Waals surface area (Å²) in [5.41, 5.74) is 9.83. The van der Waals surface area contributed by atoms with Crippen LogP contribution in [0.2, 0.25) is 0 Å². The number of anilines is 1. The number of amides is 1. The molecular formula is C9H10F3N3O. The number of hydrogen-bond acceptors (Lipinski definition) is 3. The molecule has 16 heavy (non-hydrogen) atoms. The van der Waals surface area contributed by atoms with Gasteiger partial charge in [0.1, 0.15) is 6.04 Å². The zero-order valence-corrected chi connectivity index (χ0v) is 8.14. The van der Waals surface area contributed by atoms with Crippen LogP contribution in [0.15, 0.2) is 12.1 Å². The lowest BCUT2D eigenvalue weighted by atomic mass is 10.2. The second kappa shape index (κ2) is 4.84. The predicted octanol–water partition coefficient (Wildman–Crippen LogP) is 0.328. The summed E-state index contributed by atoms with van der Waals surface area (Å²) in [5.74, 6) is -5.02. The molecule has 0 spiro atoms. The molecule has 0 bridgehead atoms. The second-order valence-corrected chi connectivity index (χ2v) is 3.11. The van der Waals surface area contributed by atoms with Gasteiger partial charge in [-0.3, -0.25) is 4.79 Å². The lowest BCUT2D eigenvalue weighted by Crippen LogP contribution is -2.41. The maximum Gasteiger partial charge on any atom is 0.236 e. The molecule has 0 aromatic heterocycles. The van der Waals surface area contributed by atoms with Crippen LogP contribution in [0.3, 0.4) is 0 Å². The van der Waals surface area contributed by atoms with E-state index in [0.717, 1.165) is 12.1 Å². The van der Waals surface area contributed by atoms with E-state index in [-0.39, 0.29) is 12.2 Å². The maximum atomic E-state index is 13.1. The molecule has 0 aliphatic carbocycles. The number of benzene rings is 1. The molecule has 0 aliphatic heterocycles. The SMILES string of the molecule is NC(=O)C(N)CNc1ccc(F)c(F)c1F. The van der Waals surface area contributed by atoms with E-state index in [1.807, 2.05) is 0 Å². The van der Waals surface area contributed by atoms with Crippen molar-refractivity contribution in [2.75, 3.05) is 11.9 Å². The van der Waals surface area contributed by atoms with Crippen molar-refractivity contribution in [1.82, 2.24) is 0 Å². The lowest BCUT2D eigenvalue weighted by molar-refractivity contribution is -0.118. The van der Waals surface area contributed by atoms with Gasteiger partial charge in [0, 0.05) is 6.54 Å². The Morgan fingerprint density at radius 2 is 1.94 bits per heavy atom. The summed E-state index contributed by atoms with van der Waals surface area (Å²) in [6, 6.07) is 0.727. The molecule has 1 atom stereocenters. The third kappa shape index (κ3) is 2.63. The van der Waals surface area contributed by atoms with Crippen molar-refractivity contribution in [1.29, 1.82) is 0 Å². The molecule has 5 N–H and O–H groups in total. The van der Waals surface area contributed by atoms with Crippen LogP contribution in [0, 0.1) is 17.5 Å². The van der Waals surface area contributed by atoms with Crippen molar-refractivity contribution in [2.24, 2.45) is 11.5 Å². The average molecular weight is 233 g/mol. The zero-order valence-electron chi connectivity index (χ0n) is 8.14. The highest BCUT2D eigenvalue weighted by atomic mass is 19.2. The first-order valence-electron chi connectivity index (χ1n) is 4.35. The third-order valence-electron chi connectivity index (χ3n) is 1.91. The van der Waals surface area contributed by atoms with E-state index in [0.29, 0.717) is 0 Å². The Kier molecular flexibility index (Phi) is 3.73. The van der Waals surface area contributed by atoms with Gasteiger partial charge in [-0.1, -0.05) is 0 Å². The number of rotatable bonds is 4. The summed E-state index contributed by atoms with van der Waals surface area (Å²) >= 11 is 0. The molecule has 0 saturated carbocycles. The van der Waals surface area contributed by atoms with Crippen LogP contribution in [0.4, 0.5) is 18.9 Å². The van der Waals surface area contributed by atoms with E-state index < -0.39 is 29.4 Å². The fraction of sp³-hybridized carbons (Fsp3) is 0.222. The van der Waals surface area contributed by atoms with Gasteiger partial charge < -0.3 is 16.8 Å². The van der Waals surface area contributed by atoms with Crippen LogP contribution in [-0.2, 0) is 4.79 Å². The topological polar surface area (TPSA) is 81.1 Å². The molecule has 0 saturated heterocycles. The van der Waals surface area contributed by atoms with Gasteiger partial charge in [0.2, 0.25) is 5.91 Å². The Labute approximate surface area is 89.4 Å². The minimum Gasteiger partial charge on any atom is -0.380 e. The van der Waals surface area contributed by atoms with Crippen molar-refractivity contribution in [3.8, 4) is 0 Å².